The number of nitrogens with two attached hydrogens (primary N) is 1. The van der Waals surface area contributed by atoms with Gasteiger partial charge in [0.25, 0.3) is 0 Å². The Hall–Kier alpha value is -1.71. The van der Waals surface area contributed by atoms with Crippen LogP contribution in [0, 0.1) is 5.41 Å². The second kappa shape index (κ2) is 6.30. The van der Waals surface area contributed by atoms with Crippen LogP contribution in [-0.4, -0.2) is 52.7 Å². The maximum atomic E-state index is 10.2. The second-order valence-corrected chi connectivity index (χ2v) is 6.73. The predicted molar refractivity (Wildman–Crippen MR) is 84.7 cm³/mol. The zero-order valence-corrected chi connectivity index (χ0v) is 14.2. The third kappa shape index (κ3) is 2.99. The molecule has 4 N–H and O–H groups in total. The molecular formula is C15H25N5O4. The first-order valence-corrected chi connectivity index (χ1v) is 8.30. The van der Waals surface area contributed by atoms with E-state index >= 15 is 0 Å². The van der Waals surface area contributed by atoms with E-state index in [-0.39, 0.29) is 29.6 Å². The van der Waals surface area contributed by atoms with Gasteiger partial charge in [0, 0.05) is 6.42 Å². The molecule has 0 aromatic carbocycles. The lowest BCUT2D eigenvalue weighted by Crippen LogP contribution is -2.42. The summed E-state index contributed by atoms with van der Waals surface area (Å²) in [7, 11) is 0. The van der Waals surface area contributed by atoms with Gasteiger partial charge in [0.2, 0.25) is 5.88 Å². The SMILES string of the molecule is CCCCO/C(N)=C1\N=NN([C@@H]2C[C@H](O)[C@H]3OC(C)(C)O[C@H]32)C1=N. The lowest BCUT2D eigenvalue weighted by molar-refractivity contribution is -0.166. The first-order valence-electron chi connectivity index (χ1n) is 8.30. The fraction of sp³-hybridized carbons (Fsp3) is 0.800. The largest absolute Gasteiger partial charge is 0.478 e. The Kier molecular flexibility index (Phi) is 4.50. The van der Waals surface area contributed by atoms with Crippen LogP contribution in [-0.2, 0) is 14.2 Å². The highest BCUT2D eigenvalue weighted by Crippen LogP contribution is 2.41. The smallest absolute Gasteiger partial charge is 0.216 e. The van der Waals surface area contributed by atoms with Crippen molar-refractivity contribution in [2.24, 2.45) is 16.1 Å². The van der Waals surface area contributed by atoms with Gasteiger partial charge in [0.1, 0.15) is 12.2 Å². The molecule has 0 bridgehead atoms. The van der Waals surface area contributed by atoms with Crippen LogP contribution in [0.25, 0.3) is 0 Å². The molecule has 0 amide bonds. The number of aliphatic hydroxyl groups is 1. The van der Waals surface area contributed by atoms with Crippen LogP contribution in [0.1, 0.15) is 40.0 Å². The Bertz CT molecular complexity index is 576. The van der Waals surface area contributed by atoms with Crippen molar-refractivity contribution in [1.82, 2.24) is 5.01 Å². The topological polar surface area (TPSA) is 126 Å². The van der Waals surface area contributed by atoms with Crippen molar-refractivity contribution >= 4 is 5.84 Å². The average Bonchev–Trinajstić information content (AvgIpc) is 3.12. The minimum atomic E-state index is -0.769. The summed E-state index contributed by atoms with van der Waals surface area (Å²) >= 11 is 0. The van der Waals surface area contributed by atoms with Crippen molar-refractivity contribution in [2.45, 2.75) is 70.2 Å². The molecule has 134 valence electrons. The van der Waals surface area contributed by atoms with Crippen LogP contribution in [0.5, 0.6) is 0 Å². The molecule has 4 atom stereocenters. The quantitative estimate of drug-likeness (QED) is 0.511. The minimum Gasteiger partial charge on any atom is -0.478 e. The van der Waals surface area contributed by atoms with E-state index in [2.05, 4.69) is 17.3 Å². The number of aliphatic hydroxyl groups excluding tert-OH is 1. The van der Waals surface area contributed by atoms with Crippen molar-refractivity contribution in [3.8, 4) is 0 Å². The van der Waals surface area contributed by atoms with Crippen molar-refractivity contribution in [2.75, 3.05) is 6.61 Å². The normalized spacial score (nSPS) is 36.3. The molecule has 24 heavy (non-hydrogen) atoms. The van der Waals surface area contributed by atoms with E-state index in [9.17, 15) is 5.11 Å². The van der Waals surface area contributed by atoms with Crippen molar-refractivity contribution in [3.63, 3.8) is 0 Å². The molecule has 0 radical (unpaired) electrons. The summed E-state index contributed by atoms with van der Waals surface area (Å²) in [4.78, 5) is 0. The van der Waals surface area contributed by atoms with Gasteiger partial charge in [-0.15, -0.1) is 5.11 Å². The second-order valence-electron chi connectivity index (χ2n) is 6.73. The first-order chi connectivity index (χ1) is 11.3. The Balaban J connectivity index is 1.72. The summed E-state index contributed by atoms with van der Waals surface area (Å²) in [6, 6.07) is -0.330. The van der Waals surface area contributed by atoms with E-state index in [0.717, 1.165) is 12.8 Å². The Morgan fingerprint density at radius 1 is 1.46 bits per heavy atom. The summed E-state index contributed by atoms with van der Waals surface area (Å²) in [5, 5.41) is 28.0. The molecule has 9 heteroatoms. The number of nitrogens with zero attached hydrogens (tertiary/aromatic N) is 3. The van der Waals surface area contributed by atoms with Crippen molar-refractivity contribution in [3.05, 3.63) is 11.6 Å². The molecule has 3 aliphatic rings. The molecule has 0 aromatic rings. The molecule has 0 aromatic heterocycles. The molecule has 2 aliphatic heterocycles. The molecule has 9 nitrogen and oxygen atoms in total. The monoisotopic (exact) mass is 339 g/mol. The molecule has 1 saturated heterocycles. The molecule has 0 unspecified atom stereocenters. The zero-order chi connectivity index (χ0) is 17.5. The van der Waals surface area contributed by atoms with Gasteiger partial charge in [-0.1, -0.05) is 18.6 Å². The number of ether oxygens (including phenoxy) is 3. The highest BCUT2D eigenvalue weighted by atomic mass is 16.8. The van der Waals surface area contributed by atoms with E-state index in [1.165, 1.54) is 5.01 Å². The minimum absolute atomic E-state index is 0.0511. The van der Waals surface area contributed by atoms with Gasteiger partial charge >= 0.3 is 0 Å². The van der Waals surface area contributed by atoms with Gasteiger partial charge in [-0.25, -0.2) is 5.01 Å². The average molecular weight is 339 g/mol. The third-order valence-electron chi connectivity index (χ3n) is 4.40. The number of hydrogen-bond acceptors (Lipinski definition) is 8. The summed E-state index contributed by atoms with van der Waals surface area (Å²) < 4.78 is 17.1. The van der Waals surface area contributed by atoms with E-state index in [0.29, 0.717) is 13.0 Å². The lowest BCUT2D eigenvalue weighted by Gasteiger charge is -2.26. The van der Waals surface area contributed by atoms with Gasteiger partial charge in [0.05, 0.1) is 18.8 Å². The van der Waals surface area contributed by atoms with Crippen molar-refractivity contribution < 1.29 is 19.3 Å². The lowest BCUT2D eigenvalue weighted by atomic mass is 10.2. The number of fused-ring (bicyclic) bond motifs is 1. The molecule has 0 spiro atoms. The Labute approximate surface area is 140 Å². The van der Waals surface area contributed by atoms with Gasteiger partial charge in [-0.05, 0) is 20.3 Å². The van der Waals surface area contributed by atoms with Crippen LogP contribution < -0.4 is 5.73 Å². The van der Waals surface area contributed by atoms with E-state index in [4.69, 9.17) is 25.4 Å². The van der Waals surface area contributed by atoms with Gasteiger partial charge in [0.15, 0.2) is 17.3 Å². The molecule has 3 rings (SSSR count). The van der Waals surface area contributed by atoms with Gasteiger partial charge in [-0.2, -0.15) is 0 Å². The highest BCUT2D eigenvalue weighted by Gasteiger charge is 2.56. The summed E-state index contributed by atoms with van der Waals surface area (Å²) in [6.45, 7) is 6.14. The fourth-order valence-electron chi connectivity index (χ4n) is 3.25. The van der Waals surface area contributed by atoms with Crippen LogP contribution in [0.15, 0.2) is 21.9 Å². The number of nitrogens with one attached hydrogen (secondary N) is 1. The zero-order valence-electron chi connectivity index (χ0n) is 14.2. The summed E-state index contributed by atoms with van der Waals surface area (Å²) in [5.41, 5.74) is 6.09. The van der Waals surface area contributed by atoms with Crippen LogP contribution >= 0.6 is 0 Å². The molecule has 1 aliphatic carbocycles. The first kappa shape index (κ1) is 17.1. The highest BCUT2D eigenvalue weighted by molar-refractivity contribution is 5.97. The molecule has 1 saturated carbocycles. The maximum Gasteiger partial charge on any atom is 0.216 e. The van der Waals surface area contributed by atoms with Crippen LogP contribution in [0.3, 0.4) is 0 Å². The maximum absolute atomic E-state index is 10.2. The Morgan fingerprint density at radius 2 is 2.17 bits per heavy atom. The van der Waals surface area contributed by atoms with Crippen LogP contribution in [0.2, 0.25) is 0 Å². The number of rotatable bonds is 5. The van der Waals surface area contributed by atoms with Crippen LogP contribution in [0.4, 0.5) is 0 Å². The summed E-state index contributed by atoms with van der Waals surface area (Å²) in [5.74, 6) is -0.622. The van der Waals surface area contributed by atoms with Gasteiger partial charge < -0.3 is 25.1 Å². The molecule has 2 heterocycles. The standard InChI is InChI=1S/C15H25N5O4/c1-4-5-6-22-14(17)10-13(16)20(19-18-10)8-7-9(21)12-11(8)23-15(2,3)24-12/h8-9,11-12,16,21H,4-7,17H2,1-3H3/b14-10-,16-13?/t8-,9+,11+,12-/m1/s1. The fourth-order valence-corrected chi connectivity index (χ4v) is 3.25. The van der Waals surface area contributed by atoms with Gasteiger partial charge in [-0.3, -0.25) is 5.41 Å². The third-order valence-corrected chi connectivity index (χ3v) is 4.40. The molecular weight excluding hydrogens is 314 g/mol. The van der Waals surface area contributed by atoms with Crippen molar-refractivity contribution in [1.29, 1.82) is 5.41 Å². The molecule has 2 fully saturated rings. The number of hydrogen-bond donors (Lipinski definition) is 3. The van der Waals surface area contributed by atoms with E-state index in [1.54, 1.807) is 13.8 Å². The number of amidine groups is 1. The van der Waals surface area contributed by atoms with E-state index < -0.39 is 18.0 Å². The predicted octanol–water partition coefficient (Wildman–Crippen LogP) is 1.24. The number of unbranched alkanes of at least 4 members (excludes halogenated alkanes) is 1. The van der Waals surface area contributed by atoms with E-state index in [1.807, 2.05) is 0 Å². The summed E-state index contributed by atoms with van der Waals surface area (Å²) in [6.07, 6.45) is 0.771. The Morgan fingerprint density at radius 3 is 2.88 bits per heavy atom.